The number of thiazole rings is 1. The first-order valence-electron chi connectivity index (χ1n) is 7.82. The van der Waals surface area contributed by atoms with Gasteiger partial charge in [-0.15, -0.1) is 11.3 Å². The van der Waals surface area contributed by atoms with Gasteiger partial charge in [0.1, 0.15) is 10.8 Å². The zero-order chi connectivity index (χ0) is 16.9. The van der Waals surface area contributed by atoms with Gasteiger partial charge in [0, 0.05) is 22.7 Å². The van der Waals surface area contributed by atoms with E-state index in [0.717, 1.165) is 43.0 Å². The monoisotopic (exact) mass is 337 g/mol. The summed E-state index contributed by atoms with van der Waals surface area (Å²) in [4.78, 5) is 8.08. The number of aryl methyl sites for hydroxylation is 1. The molecule has 0 bridgehead atoms. The topological polar surface area (TPSA) is 63.9 Å². The van der Waals surface area contributed by atoms with Gasteiger partial charge < -0.3 is 15.5 Å². The molecule has 1 unspecified atom stereocenters. The van der Waals surface area contributed by atoms with E-state index in [1.165, 1.54) is 0 Å². The number of fused-ring (bicyclic) bond motifs is 2. The largest absolute Gasteiger partial charge is 0.496 e. The highest BCUT2D eigenvalue weighted by molar-refractivity contribution is 7.18. The Kier molecular flexibility index (Phi) is 3.37. The van der Waals surface area contributed by atoms with Gasteiger partial charge in [0.25, 0.3) is 0 Å². The smallest absolute Gasteiger partial charge is 0.125 e. The number of rotatable bonds is 3. The summed E-state index contributed by atoms with van der Waals surface area (Å²) in [6, 6.07) is 12.2. The first-order chi connectivity index (χ1) is 11.5. The predicted molar refractivity (Wildman–Crippen MR) is 99.8 cm³/mol. The molecule has 4 aromatic rings. The molecule has 0 aliphatic rings. The van der Waals surface area contributed by atoms with E-state index in [0.29, 0.717) is 0 Å². The second kappa shape index (κ2) is 5.33. The van der Waals surface area contributed by atoms with Crippen molar-refractivity contribution >= 4 is 32.5 Å². The molecule has 0 aliphatic heterocycles. The summed E-state index contributed by atoms with van der Waals surface area (Å²) in [5.41, 5.74) is 10.2. The number of nitrogens with one attached hydrogen (secondary N) is 1. The molecule has 0 aliphatic carbocycles. The van der Waals surface area contributed by atoms with E-state index in [4.69, 9.17) is 15.5 Å². The summed E-state index contributed by atoms with van der Waals surface area (Å²) >= 11 is 1.63. The van der Waals surface area contributed by atoms with Crippen LogP contribution in [0.2, 0.25) is 0 Å². The molecule has 0 fully saturated rings. The maximum atomic E-state index is 6.83. The van der Waals surface area contributed by atoms with Gasteiger partial charge in [-0.25, -0.2) is 4.98 Å². The van der Waals surface area contributed by atoms with Crippen LogP contribution in [0.5, 0.6) is 5.75 Å². The zero-order valence-corrected chi connectivity index (χ0v) is 14.7. The molecule has 0 saturated heterocycles. The van der Waals surface area contributed by atoms with Crippen molar-refractivity contribution in [1.29, 1.82) is 0 Å². The van der Waals surface area contributed by atoms with Crippen molar-refractivity contribution in [2.24, 2.45) is 5.73 Å². The second-order valence-corrected chi connectivity index (χ2v) is 7.26. The molecule has 3 N–H and O–H groups in total. The van der Waals surface area contributed by atoms with Crippen LogP contribution in [0.3, 0.4) is 0 Å². The molecule has 0 saturated carbocycles. The molecule has 0 amide bonds. The van der Waals surface area contributed by atoms with Crippen molar-refractivity contribution in [2.45, 2.75) is 19.4 Å². The van der Waals surface area contributed by atoms with Crippen LogP contribution in [-0.4, -0.2) is 17.1 Å². The number of para-hydroxylation sites is 1. The van der Waals surface area contributed by atoms with E-state index in [-0.39, 0.29) is 0 Å². The molecule has 24 heavy (non-hydrogen) atoms. The Balaban J connectivity index is 2.01. The molecule has 4 nitrogen and oxygen atoms in total. The number of hydrogen-bond acceptors (Lipinski definition) is 4. The van der Waals surface area contributed by atoms with Crippen molar-refractivity contribution in [3.05, 3.63) is 58.7 Å². The molecule has 0 spiro atoms. The van der Waals surface area contributed by atoms with Gasteiger partial charge in [0.2, 0.25) is 0 Å². The summed E-state index contributed by atoms with van der Waals surface area (Å²) in [7, 11) is 1.69. The lowest BCUT2D eigenvalue weighted by molar-refractivity contribution is 0.400. The molecule has 2 aromatic heterocycles. The van der Waals surface area contributed by atoms with E-state index >= 15 is 0 Å². The lowest BCUT2D eigenvalue weighted by atomic mass is 9.89. The number of hydrogen-bond donors (Lipinski definition) is 2. The van der Waals surface area contributed by atoms with E-state index in [2.05, 4.69) is 24.0 Å². The van der Waals surface area contributed by atoms with Gasteiger partial charge in [-0.1, -0.05) is 12.1 Å². The normalized spacial score (nSPS) is 14.2. The molecule has 0 radical (unpaired) electrons. The van der Waals surface area contributed by atoms with Crippen LogP contribution in [0.25, 0.3) is 21.1 Å². The van der Waals surface area contributed by atoms with Gasteiger partial charge in [-0.3, -0.25) is 0 Å². The maximum absolute atomic E-state index is 6.83. The highest BCUT2D eigenvalue weighted by atomic mass is 32.1. The average Bonchev–Trinajstić information content (AvgIpc) is 3.21. The van der Waals surface area contributed by atoms with Gasteiger partial charge >= 0.3 is 0 Å². The maximum Gasteiger partial charge on any atom is 0.125 e. The fraction of sp³-hybridized carbons (Fsp3) is 0.211. The Labute approximate surface area is 144 Å². The van der Waals surface area contributed by atoms with Crippen molar-refractivity contribution in [3.8, 4) is 5.75 Å². The van der Waals surface area contributed by atoms with Crippen molar-refractivity contribution in [2.75, 3.05) is 7.11 Å². The highest BCUT2D eigenvalue weighted by Crippen LogP contribution is 2.42. The minimum absolute atomic E-state index is 0.747. The van der Waals surface area contributed by atoms with Gasteiger partial charge in [-0.05, 0) is 43.7 Å². The van der Waals surface area contributed by atoms with Crippen molar-refractivity contribution in [3.63, 3.8) is 0 Å². The molecule has 2 aromatic carbocycles. The number of methoxy groups -OCH3 is 1. The van der Waals surface area contributed by atoms with Gasteiger partial charge in [-0.2, -0.15) is 0 Å². The fourth-order valence-corrected chi connectivity index (χ4v) is 4.31. The number of H-pyrrole nitrogens is 1. The Hall–Kier alpha value is -2.37. The summed E-state index contributed by atoms with van der Waals surface area (Å²) in [5, 5.41) is 1.96. The van der Waals surface area contributed by atoms with Gasteiger partial charge in [0.15, 0.2) is 0 Å². The first kappa shape index (κ1) is 15.2. The van der Waals surface area contributed by atoms with E-state index in [1.807, 2.05) is 37.4 Å². The first-order valence-corrected chi connectivity index (χ1v) is 8.64. The molecular formula is C19H19N3OS. The zero-order valence-electron chi connectivity index (χ0n) is 13.9. The third-order valence-corrected chi connectivity index (χ3v) is 5.76. The van der Waals surface area contributed by atoms with E-state index < -0.39 is 5.54 Å². The number of ether oxygens (including phenoxy) is 1. The van der Waals surface area contributed by atoms with Crippen molar-refractivity contribution in [1.82, 2.24) is 9.97 Å². The molecule has 2 heterocycles. The SMILES string of the molecule is COc1cc(C)c2[nH]ccc2c1C(C)(N)c1nc2ccccc2s1. The van der Waals surface area contributed by atoms with Crippen LogP contribution in [0, 0.1) is 6.92 Å². The predicted octanol–water partition coefficient (Wildman–Crippen LogP) is 4.32. The number of aromatic nitrogens is 2. The van der Waals surface area contributed by atoms with Crippen molar-refractivity contribution < 1.29 is 4.74 Å². The quantitative estimate of drug-likeness (QED) is 0.585. The Morgan fingerprint density at radius 2 is 2.04 bits per heavy atom. The Morgan fingerprint density at radius 3 is 2.79 bits per heavy atom. The fourth-order valence-electron chi connectivity index (χ4n) is 3.28. The lowest BCUT2D eigenvalue weighted by Gasteiger charge is -2.26. The third-order valence-electron chi connectivity index (χ3n) is 4.48. The number of nitrogens with two attached hydrogens (primary N) is 1. The van der Waals surface area contributed by atoms with E-state index in [9.17, 15) is 0 Å². The van der Waals surface area contributed by atoms with Crippen LogP contribution >= 0.6 is 11.3 Å². The van der Waals surface area contributed by atoms with Crippen LogP contribution < -0.4 is 10.5 Å². The standard InChI is InChI=1S/C19H19N3OS/c1-11-10-14(23-3)16(12-8-9-21-17(11)12)19(2,20)18-22-13-6-4-5-7-15(13)24-18/h4-10,21H,20H2,1-3H3. The number of benzene rings is 2. The molecule has 1 atom stereocenters. The molecule has 4 rings (SSSR count). The molecule has 122 valence electrons. The summed E-state index contributed by atoms with van der Waals surface area (Å²) in [5.74, 6) is 0.795. The van der Waals surface area contributed by atoms with Crippen LogP contribution in [-0.2, 0) is 5.54 Å². The number of aromatic amines is 1. The second-order valence-electron chi connectivity index (χ2n) is 6.23. The Bertz CT molecular complexity index is 1010. The van der Waals surface area contributed by atoms with Gasteiger partial charge in [0.05, 0.1) is 22.9 Å². The minimum atomic E-state index is -0.747. The molecule has 5 heteroatoms. The number of nitrogens with zero attached hydrogens (tertiary/aromatic N) is 1. The summed E-state index contributed by atoms with van der Waals surface area (Å²) < 4.78 is 6.81. The summed E-state index contributed by atoms with van der Waals surface area (Å²) in [6.45, 7) is 4.07. The summed E-state index contributed by atoms with van der Waals surface area (Å²) in [6.07, 6.45) is 1.94. The van der Waals surface area contributed by atoms with Crippen LogP contribution in [0.1, 0.15) is 23.1 Å². The lowest BCUT2D eigenvalue weighted by Crippen LogP contribution is -2.35. The third kappa shape index (κ3) is 2.12. The van der Waals surface area contributed by atoms with E-state index in [1.54, 1.807) is 18.4 Å². The van der Waals surface area contributed by atoms with Crippen LogP contribution in [0.15, 0.2) is 42.6 Å². The highest BCUT2D eigenvalue weighted by Gasteiger charge is 2.33. The minimum Gasteiger partial charge on any atom is -0.496 e. The Morgan fingerprint density at radius 1 is 1.25 bits per heavy atom. The van der Waals surface area contributed by atoms with Crippen LogP contribution in [0.4, 0.5) is 0 Å². The average molecular weight is 337 g/mol. The molecular weight excluding hydrogens is 318 g/mol.